The zero-order valence-corrected chi connectivity index (χ0v) is 17.2. The average Bonchev–Trinajstić information content (AvgIpc) is 3.33. The van der Waals surface area contributed by atoms with Gasteiger partial charge in [0, 0.05) is 25.2 Å². The van der Waals surface area contributed by atoms with Gasteiger partial charge in [-0.25, -0.2) is 0 Å². The summed E-state index contributed by atoms with van der Waals surface area (Å²) in [5.41, 5.74) is 2.54. The maximum Gasteiger partial charge on any atom is 0.255 e. The van der Waals surface area contributed by atoms with E-state index in [2.05, 4.69) is 15.5 Å². The summed E-state index contributed by atoms with van der Waals surface area (Å²) in [7, 11) is 0. The third-order valence-corrected chi connectivity index (χ3v) is 5.15. The van der Waals surface area contributed by atoms with Crippen molar-refractivity contribution in [3.05, 3.63) is 89.4 Å². The van der Waals surface area contributed by atoms with Crippen LogP contribution in [-0.2, 0) is 17.8 Å². The molecule has 1 fully saturated rings. The summed E-state index contributed by atoms with van der Waals surface area (Å²) in [6.45, 7) is 4.47. The third-order valence-electron chi connectivity index (χ3n) is 5.15. The molecule has 1 aliphatic heterocycles. The normalized spacial score (nSPS) is 14.2. The lowest BCUT2D eigenvalue weighted by atomic mass is 10.1. The van der Waals surface area contributed by atoms with Crippen LogP contribution < -0.4 is 10.6 Å². The molecule has 1 aromatic heterocycles. The van der Waals surface area contributed by atoms with Gasteiger partial charge in [-0.1, -0.05) is 24.3 Å². The predicted octanol–water partition coefficient (Wildman–Crippen LogP) is 3.29. The Morgan fingerprint density at radius 3 is 2.42 bits per heavy atom. The van der Waals surface area contributed by atoms with E-state index >= 15 is 0 Å². The summed E-state index contributed by atoms with van der Waals surface area (Å²) in [6, 6.07) is 18.0. The van der Waals surface area contributed by atoms with Gasteiger partial charge in [0.15, 0.2) is 0 Å². The van der Waals surface area contributed by atoms with Crippen molar-refractivity contribution >= 4 is 17.5 Å². The van der Waals surface area contributed by atoms with Gasteiger partial charge in [-0.2, -0.15) is 0 Å². The number of para-hydroxylation sites is 1. The number of hydrogen-bond donors (Lipinski definition) is 2. The van der Waals surface area contributed by atoms with E-state index < -0.39 is 0 Å². The summed E-state index contributed by atoms with van der Waals surface area (Å²) in [5.74, 6) is 0.115. The SMILES string of the molecule is O=C(Nc1ccccc1C(=O)NCc1ccco1)c1ccc(CN2CCOCC2)cc1. The van der Waals surface area contributed by atoms with Crippen LogP contribution in [0.1, 0.15) is 32.0 Å². The van der Waals surface area contributed by atoms with Gasteiger partial charge >= 0.3 is 0 Å². The lowest BCUT2D eigenvalue weighted by Crippen LogP contribution is -2.35. The van der Waals surface area contributed by atoms with Crippen LogP contribution in [0.2, 0.25) is 0 Å². The van der Waals surface area contributed by atoms with Crippen LogP contribution in [-0.4, -0.2) is 43.0 Å². The second kappa shape index (κ2) is 10.1. The Hall–Kier alpha value is -3.42. The lowest BCUT2D eigenvalue weighted by molar-refractivity contribution is 0.0342. The largest absolute Gasteiger partial charge is 0.467 e. The zero-order chi connectivity index (χ0) is 21.5. The van der Waals surface area contributed by atoms with Crippen LogP contribution in [0, 0.1) is 0 Å². The first-order valence-corrected chi connectivity index (χ1v) is 10.3. The van der Waals surface area contributed by atoms with Gasteiger partial charge in [-0.15, -0.1) is 0 Å². The molecule has 0 radical (unpaired) electrons. The summed E-state index contributed by atoms with van der Waals surface area (Å²) >= 11 is 0. The average molecular weight is 419 g/mol. The molecule has 0 bridgehead atoms. The predicted molar refractivity (Wildman–Crippen MR) is 117 cm³/mol. The van der Waals surface area contributed by atoms with Crippen LogP contribution in [0.5, 0.6) is 0 Å². The van der Waals surface area contributed by atoms with E-state index in [1.54, 1.807) is 42.7 Å². The molecule has 0 atom stereocenters. The van der Waals surface area contributed by atoms with Crippen molar-refractivity contribution in [2.24, 2.45) is 0 Å². The quantitative estimate of drug-likeness (QED) is 0.614. The highest BCUT2D eigenvalue weighted by Crippen LogP contribution is 2.17. The Balaban J connectivity index is 1.38. The lowest BCUT2D eigenvalue weighted by Gasteiger charge is -2.26. The minimum Gasteiger partial charge on any atom is -0.467 e. The fourth-order valence-electron chi connectivity index (χ4n) is 3.44. The first-order chi connectivity index (χ1) is 15.2. The second-order valence-electron chi connectivity index (χ2n) is 7.35. The third kappa shape index (κ3) is 5.59. The molecule has 3 aromatic rings. The van der Waals surface area contributed by atoms with E-state index in [1.807, 2.05) is 24.3 Å². The van der Waals surface area contributed by atoms with Crippen LogP contribution in [0.25, 0.3) is 0 Å². The van der Waals surface area contributed by atoms with Crippen LogP contribution in [0.15, 0.2) is 71.3 Å². The number of morpholine rings is 1. The van der Waals surface area contributed by atoms with Gasteiger partial charge in [0.2, 0.25) is 0 Å². The molecular weight excluding hydrogens is 394 g/mol. The topological polar surface area (TPSA) is 83.8 Å². The number of amides is 2. The van der Waals surface area contributed by atoms with Crippen molar-refractivity contribution in [1.82, 2.24) is 10.2 Å². The van der Waals surface area contributed by atoms with E-state index in [0.29, 0.717) is 22.6 Å². The van der Waals surface area contributed by atoms with Gasteiger partial charge in [-0.3, -0.25) is 14.5 Å². The molecule has 2 aromatic carbocycles. The molecule has 2 amide bonds. The molecule has 4 rings (SSSR count). The van der Waals surface area contributed by atoms with Gasteiger partial charge in [-0.05, 0) is 42.0 Å². The van der Waals surface area contributed by atoms with Crippen molar-refractivity contribution in [1.29, 1.82) is 0 Å². The zero-order valence-electron chi connectivity index (χ0n) is 17.2. The minimum absolute atomic E-state index is 0.260. The first-order valence-electron chi connectivity index (χ1n) is 10.3. The molecule has 7 heteroatoms. The number of furan rings is 1. The number of nitrogens with zero attached hydrogens (tertiary/aromatic N) is 1. The fraction of sp³-hybridized carbons (Fsp3) is 0.250. The number of rotatable bonds is 7. The van der Waals surface area contributed by atoms with Gasteiger partial charge in [0.25, 0.3) is 11.8 Å². The molecule has 0 aliphatic carbocycles. The molecule has 7 nitrogen and oxygen atoms in total. The van der Waals surface area contributed by atoms with E-state index in [9.17, 15) is 9.59 Å². The number of carbonyl (C=O) groups excluding carboxylic acids is 2. The Morgan fingerprint density at radius 1 is 0.903 bits per heavy atom. The van der Waals surface area contributed by atoms with Crippen molar-refractivity contribution in [2.45, 2.75) is 13.1 Å². The van der Waals surface area contributed by atoms with Gasteiger partial charge in [0.05, 0.1) is 37.3 Å². The molecule has 0 saturated carbocycles. The maximum atomic E-state index is 12.8. The van der Waals surface area contributed by atoms with Gasteiger partial charge in [0.1, 0.15) is 5.76 Å². The molecule has 1 saturated heterocycles. The Bertz CT molecular complexity index is 1010. The van der Waals surface area contributed by atoms with Crippen LogP contribution in [0.4, 0.5) is 5.69 Å². The summed E-state index contributed by atoms with van der Waals surface area (Å²) < 4.78 is 10.6. The highest BCUT2D eigenvalue weighted by Gasteiger charge is 2.15. The highest BCUT2D eigenvalue weighted by molar-refractivity contribution is 6.09. The van der Waals surface area contributed by atoms with Crippen molar-refractivity contribution in [3.63, 3.8) is 0 Å². The Morgan fingerprint density at radius 2 is 1.68 bits per heavy atom. The number of ether oxygens (including phenoxy) is 1. The first kappa shape index (κ1) is 20.8. The van der Waals surface area contributed by atoms with E-state index in [0.717, 1.165) is 38.4 Å². The molecule has 0 spiro atoms. The second-order valence-corrected chi connectivity index (χ2v) is 7.35. The number of carbonyl (C=O) groups is 2. The molecule has 160 valence electrons. The Kier molecular flexibility index (Phi) is 6.76. The van der Waals surface area contributed by atoms with Crippen molar-refractivity contribution in [3.8, 4) is 0 Å². The minimum atomic E-state index is -0.284. The smallest absolute Gasteiger partial charge is 0.255 e. The van der Waals surface area contributed by atoms with Crippen molar-refractivity contribution < 1.29 is 18.7 Å². The van der Waals surface area contributed by atoms with Crippen LogP contribution in [0.3, 0.4) is 0 Å². The maximum absolute atomic E-state index is 12.8. The monoisotopic (exact) mass is 419 g/mol. The molecule has 2 heterocycles. The molecule has 0 unspecified atom stereocenters. The van der Waals surface area contributed by atoms with Gasteiger partial charge < -0.3 is 19.8 Å². The number of nitrogens with one attached hydrogen (secondary N) is 2. The molecular formula is C24H25N3O4. The number of benzene rings is 2. The molecule has 2 N–H and O–H groups in total. The fourth-order valence-corrected chi connectivity index (χ4v) is 3.44. The summed E-state index contributed by atoms with van der Waals surface area (Å²) in [4.78, 5) is 27.7. The molecule has 1 aliphatic rings. The van der Waals surface area contributed by atoms with E-state index in [1.165, 1.54) is 0 Å². The van der Waals surface area contributed by atoms with Crippen molar-refractivity contribution in [2.75, 3.05) is 31.6 Å². The highest BCUT2D eigenvalue weighted by atomic mass is 16.5. The van der Waals surface area contributed by atoms with Crippen LogP contribution >= 0.6 is 0 Å². The summed E-state index contributed by atoms with van der Waals surface area (Å²) in [5, 5.41) is 5.66. The summed E-state index contributed by atoms with van der Waals surface area (Å²) in [6.07, 6.45) is 1.56. The Labute approximate surface area is 181 Å². The number of hydrogen-bond acceptors (Lipinski definition) is 5. The number of anilines is 1. The molecule has 31 heavy (non-hydrogen) atoms. The standard InChI is InChI=1S/C24H25N3O4/c28-23(19-9-7-18(8-10-19)17-27-11-14-30-15-12-27)26-22-6-2-1-5-21(22)24(29)25-16-20-4-3-13-31-20/h1-10,13H,11-12,14-17H2,(H,25,29)(H,26,28). The van der Waals surface area contributed by atoms with E-state index in [-0.39, 0.29) is 18.4 Å². The van der Waals surface area contributed by atoms with E-state index in [4.69, 9.17) is 9.15 Å².